The van der Waals surface area contributed by atoms with Gasteiger partial charge in [-0.2, -0.15) is 0 Å². The molecule has 0 bridgehead atoms. The van der Waals surface area contributed by atoms with Crippen molar-refractivity contribution in [3.63, 3.8) is 0 Å². The van der Waals surface area contributed by atoms with E-state index in [-0.39, 0.29) is 0 Å². The third-order valence-corrected chi connectivity index (χ3v) is 2.58. The molecule has 1 aliphatic rings. The van der Waals surface area contributed by atoms with Gasteiger partial charge >= 0.3 is 0 Å². The Bertz CT molecular complexity index is 107. The maximum Gasteiger partial charge on any atom is -0.0325 e. The van der Waals surface area contributed by atoms with E-state index in [9.17, 15) is 0 Å². The van der Waals surface area contributed by atoms with Gasteiger partial charge in [-0.3, -0.25) is 0 Å². The summed E-state index contributed by atoms with van der Waals surface area (Å²) in [5, 5.41) is 0. The van der Waals surface area contributed by atoms with Crippen molar-refractivity contribution in [2.75, 3.05) is 0 Å². The first-order chi connectivity index (χ1) is 4.41. The zero-order chi connectivity index (χ0) is 7.83. The molecule has 0 heteroatoms. The topological polar surface area (TPSA) is 0 Å². The molecule has 0 unspecified atom stereocenters. The van der Waals surface area contributed by atoms with Crippen molar-refractivity contribution < 1.29 is 0 Å². The van der Waals surface area contributed by atoms with Crippen LogP contribution in [0.3, 0.4) is 0 Å². The predicted molar refractivity (Wildman–Crippen MR) is 46.0 cm³/mol. The molecule has 0 spiro atoms. The summed E-state index contributed by atoms with van der Waals surface area (Å²) in [6, 6.07) is 0. The molecule has 0 saturated heterocycles. The van der Waals surface area contributed by atoms with Crippen molar-refractivity contribution in [3.05, 3.63) is 0 Å². The summed E-state index contributed by atoms with van der Waals surface area (Å²) in [4.78, 5) is 0. The second-order valence-electron chi connectivity index (χ2n) is 5.37. The van der Waals surface area contributed by atoms with Crippen LogP contribution in [0, 0.1) is 10.8 Å². The molecule has 1 rings (SSSR count). The van der Waals surface area contributed by atoms with E-state index in [1.165, 1.54) is 25.7 Å². The van der Waals surface area contributed by atoms with Crippen molar-refractivity contribution in [1.29, 1.82) is 0 Å². The quantitative estimate of drug-likeness (QED) is 0.549. The molecular formula is C10H20. The predicted octanol–water partition coefficient (Wildman–Crippen LogP) is 3.61. The molecule has 10 heavy (non-hydrogen) atoms. The summed E-state index contributed by atoms with van der Waals surface area (Å²) >= 11 is 0. The lowest BCUT2D eigenvalue weighted by Crippen LogP contribution is -2.07. The van der Waals surface area contributed by atoms with Crippen molar-refractivity contribution in [3.8, 4) is 0 Å². The SMILES string of the molecule is CC(C)(C)CCC1(C)CC1. The summed E-state index contributed by atoms with van der Waals surface area (Å²) in [6.07, 6.45) is 5.78. The van der Waals surface area contributed by atoms with Gasteiger partial charge in [0.05, 0.1) is 0 Å². The van der Waals surface area contributed by atoms with Gasteiger partial charge in [0.15, 0.2) is 0 Å². The minimum absolute atomic E-state index is 0.547. The van der Waals surface area contributed by atoms with E-state index < -0.39 is 0 Å². The fourth-order valence-corrected chi connectivity index (χ4v) is 1.14. The second kappa shape index (κ2) is 2.25. The van der Waals surface area contributed by atoms with Crippen LogP contribution in [0.15, 0.2) is 0 Å². The van der Waals surface area contributed by atoms with Crippen LogP contribution in [0.1, 0.15) is 53.4 Å². The summed E-state index contributed by atoms with van der Waals surface area (Å²) in [5.74, 6) is 0. The molecule has 0 aromatic carbocycles. The Hall–Kier alpha value is 0. The first kappa shape index (κ1) is 8.10. The average molecular weight is 140 g/mol. The second-order valence-corrected chi connectivity index (χ2v) is 5.37. The maximum absolute atomic E-state index is 2.42. The van der Waals surface area contributed by atoms with Gasteiger partial charge in [0.1, 0.15) is 0 Å². The number of rotatable bonds is 2. The Morgan fingerprint density at radius 2 is 1.70 bits per heavy atom. The number of hydrogen-bond donors (Lipinski definition) is 0. The highest BCUT2D eigenvalue weighted by atomic mass is 14.4. The molecule has 0 nitrogen and oxygen atoms in total. The van der Waals surface area contributed by atoms with E-state index in [2.05, 4.69) is 27.7 Å². The van der Waals surface area contributed by atoms with Crippen molar-refractivity contribution in [2.45, 2.75) is 53.4 Å². The molecule has 0 heterocycles. The molecule has 1 fully saturated rings. The van der Waals surface area contributed by atoms with E-state index in [4.69, 9.17) is 0 Å². The summed E-state index contributed by atoms with van der Waals surface area (Å²) < 4.78 is 0. The highest BCUT2D eigenvalue weighted by Crippen LogP contribution is 2.50. The number of hydrogen-bond acceptors (Lipinski definition) is 0. The lowest BCUT2D eigenvalue weighted by Gasteiger charge is -2.20. The van der Waals surface area contributed by atoms with Crippen LogP contribution < -0.4 is 0 Å². The van der Waals surface area contributed by atoms with Crippen LogP contribution >= 0.6 is 0 Å². The molecule has 1 saturated carbocycles. The Kier molecular flexibility index (Phi) is 1.82. The van der Waals surface area contributed by atoms with Crippen LogP contribution in [-0.4, -0.2) is 0 Å². The van der Waals surface area contributed by atoms with Crippen LogP contribution in [0.5, 0.6) is 0 Å². The van der Waals surface area contributed by atoms with Gasteiger partial charge in [-0.05, 0) is 36.5 Å². The molecule has 1 aliphatic carbocycles. The molecule has 0 amide bonds. The first-order valence-electron chi connectivity index (χ1n) is 4.41. The van der Waals surface area contributed by atoms with E-state index in [0.29, 0.717) is 5.41 Å². The van der Waals surface area contributed by atoms with Gasteiger partial charge < -0.3 is 0 Å². The third-order valence-electron chi connectivity index (χ3n) is 2.58. The zero-order valence-electron chi connectivity index (χ0n) is 7.83. The van der Waals surface area contributed by atoms with Crippen LogP contribution in [0.2, 0.25) is 0 Å². The minimum Gasteiger partial charge on any atom is -0.0602 e. The molecule has 0 atom stereocenters. The normalized spacial score (nSPS) is 22.8. The van der Waals surface area contributed by atoms with Crippen LogP contribution in [-0.2, 0) is 0 Å². The van der Waals surface area contributed by atoms with Crippen LogP contribution in [0.4, 0.5) is 0 Å². The average Bonchev–Trinajstić information content (AvgIpc) is 2.43. The molecule has 0 aromatic heterocycles. The Morgan fingerprint density at radius 3 is 2.00 bits per heavy atom. The van der Waals surface area contributed by atoms with E-state index >= 15 is 0 Å². The van der Waals surface area contributed by atoms with Crippen LogP contribution in [0.25, 0.3) is 0 Å². The molecule has 0 aromatic rings. The monoisotopic (exact) mass is 140 g/mol. The summed E-state index contributed by atoms with van der Waals surface area (Å²) in [5.41, 5.74) is 1.30. The molecule has 60 valence electrons. The van der Waals surface area contributed by atoms with Gasteiger partial charge in [-0.25, -0.2) is 0 Å². The van der Waals surface area contributed by atoms with Gasteiger partial charge in [0, 0.05) is 0 Å². The first-order valence-corrected chi connectivity index (χ1v) is 4.41. The lowest BCUT2D eigenvalue weighted by molar-refractivity contribution is 0.322. The van der Waals surface area contributed by atoms with Crippen molar-refractivity contribution in [1.82, 2.24) is 0 Å². The lowest BCUT2D eigenvalue weighted by atomic mass is 9.86. The van der Waals surface area contributed by atoms with E-state index in [0.717, 1.165) is 5.41 Å². The Balaban J connectivity index is 2.17. The highest BCUT2D eigenvalue weighted by Gasteiger charge is 2.37. The largest absolute Gasteiger partial charge is 0.0602 e. The maximum atomic E-state index is 2.42. The van der Waals surface area contributed by atoms with E-state index in [1.807, 2.05) is 0 Å². The Labute approximate surface area is 65.0 Å². The molecule has 0 aliphatic heterocycles. The van der Waals surface area contributed by atoms with Crippen molar-refractivity contribution >= 4 is 0 Å². The van der Waals surface area contributed by atoms with Gasteiger partial charge in [0.25, 0.3) is 0 Å². The smallest absolute Gasteiger partial charge is 0.0325 e. The molecular weight excluding hydrogens is 120 g/mol. The Morgan fingerprint density at radius 1 is 1.20 bits per heavy atom. The van der Waals surface area contributed by atoms with Gasteiger partial charge in [0.2, 0.25) is 0 Å². The van der Waals surface area contributed by atoms with Gasteiger partial charge in [-0.15, -0.1) is 0 Å². The molecule has 0 N–H and O–H groups in total. The summed E-state index contributed by atoms with van der Waals surface area (Å²) in [6.45, 7) is 9.41. The van der Waals surface area contributed by atoms with E-state index in [1.54, 1.807) is 0 Å². The zero-order valence-corrected chi connectivity index (χ0v) is 7.83. The minimum atomic E-state index is 0.547. The molecule has 0 radical (unpaired) electrons. The van der Waals surface area contributed by atoms with Crippen molar-refractivity contribution in [2.24, 2.45) is 10.8 Å². The fraction of sp³-hybridized carbons (Fsp3) is 1.00. The summed E-state index contributed by atoms with van der Waals surface area (Å²) in [7, 11) is 0. The fourth-order valence-electron chi connectivity index (χ4n) is 1.14. The van der Waals surface area contributed by atoms with Gasteiger partial charge in [-0.1, -0.05) is 27.7 Å². The highest BCUT2D eigenvalue weighted by molar-refractivity contribution is 4.89. The standard InChI is InChI=1S/C10H20/c1-9(2,3)5-6-10(4)7-8-10/h5-8H2,1-4H3. The third kappa shape index (κ3) is 2.72.